The molecule has 3 aliphatic carbocycles. The van der Waals surface area contributed by atoms with Crippen LogP contribution in [0, 0.1) is 11.8 Å². The largest absolute Gasteiger partial charge is 0.479 e. The lowest BCUT2D eigenvalue weighted by Gasteiger charge is -2.41. The van der Waals surface area contributed by atoms with Crippen molar-refractivity contribution in [2.75, 3.05) is 13.2 Å². The van der Waals surface area contributed by atoms with Crippen molar-refractivity contribution in [3.05, 3.63) is 59.7 Å². The van der Waals surface area contributed by atoms with Crippen molar-refractivity contribution >= 4 is 18.0 Å². The normalized spacial score (nSPS) is 28.6. The first-order chi connectivity index (χ1) is 17.0. The molecule has 2 aromatic rings. The molecule has 5 aliphatic rings. The molecule has 7 nitrogen and oxygen atoms in total. The molecule has 2 bridgehead atoms. The van der Waals surface area contributed by atoms with E-state index in [4.69, 9.17) is 4.74 Å². The Morgan fingerprint density at radius 2 is 1.60 bits per heavy atom. The SMILES string of the molecule is O=C(N[C@@H]1CCCC[C@@H]1C(=O)N1CC2CC1(C(=O)O)C2)OCC1c2ccccc2-c2ccccc21. The van der Waals surface area contributed by atoms with Gasteiger partial charge in [0, 0.05) is 18.5 Å². The van der Waals surface area contributed by atoms with Gasteiger partial charge in [0.1, 0.15) is 12.1 Å². The molecular weight excluding hydrogens is 444 g/mol. The van der Waals surface area contributed by atoms with Gasteiger partial charge in [-0.3, -0.25) is 4.79 Å². The summed E-state index contributed by atoms with van der Waals surface area (Å²) in [6.07, 6.45) is 3.75. The Morgan fingerprint density at radius 3 is 2.26 bits per heavy atom. The number of nitrogens with zero attached hydrogens (tertiary/aromatic N) is 1. The average molecular weight is 475 g/mol. The molecule has 0 spiro atoms. The fourth-order valence-corrected chi connectivity index (χ4v) is 6.86. The van der Waals surface area contributed by atoms with Crippen molar-refractivity contribution in [2.45, 2.75) is 56.0 Å². The predicted octanol–water partition coefficient (Wildman–Crippen LogP) is 4.16. The smallest absolute Gasteiger partial charge is 0.407 e. The van der Waals surface area contributed by atoms with Gasteiger partial charge in [-0.05, 0) is 53.9 Å². The van der Waals surface area contributed by atoms with Crippen LogP contribution in [0.1, 0.15) is 55.6 Å². The number of carbonyl (C=O) groups is 3. The van der Waals surface area contributed by atoms with E-state index in [1.165, 1.54) is 11.1 Å². The molecule has 2 aromatic carbocycles. The molecular formula is C28H30N2O5. The number of carboxylic acids is 1. The lowest BCUT2D eigenvalue weighted by Crippen LogP contribution is -2.58. The van der Waals surface area contributed by atoms with Crippen LogP contribution in [-0.2, 0) is 14.3 Å². The van der Waals surface area contributed by atoms with Crippen molar-refractivity contribution in [1.82, 2.24) is 10.2 Å². The highest BCUT2D eigenvalue weighted by molar-refractivity contribution is 5.91. The van der Waals surface area contributed by atoms with Gasteiger partial charge in [0.15, 0.2) is 0 Å². The van der Waals surface area contributed by atoms with E-state index in [1.54, 1.807) is 4.90 Å². The van der Waals surface area contributed by atoms with Crippen LogP contribution in [0.4, 0.5) is 4.79 Å². The molecule has 2 atom stereocenters. The summed E-state index contributed by atoms with van der Waals surface area (Å²) in [6.45, 7) is 0.737. The van der Waals surface area contributed by atoms with Crippen LogP contribution in [-0.4, -0.2) is 52.7 Å². The van der Waals surface area contributed by atoms with Crippen LogP contribution >= 0.6 is 0 Å². The molecule has 2 amide bonds. The van der Waals surface area contributed by atoms with Crippen molar-refractivity contribution in [3.8, 4) is 11.1 Å². The Morgan fingerprint density at radius 1 is 0.971 bits per heavy atom. The molecule has 0 aromatic heterocycles. The summed E-state index contributed by atoms with van der Waals surface area (Å²) in [5.74, 6) is -1.18. The van der Waals surface area contributed by atoms with E-state index in [9.17, 15) is 19.5 Å². The Hall–Kier alpha value is -3.35. The zero-order valence-electron chi connectivity index (χ0n) is 19.6. The molecule has 2 saturated heterocycles. The number of hydrogen-bond acceptors (Lipinski definition) is 4. The summed E-state index contributed by atoms with van der Waals surface area (Å²) in [5.41, 5.74) is 3.62. The molecule has 2 heterocycles. The van der Waals surface area contributed by atoms with Gasteiger partial charge in [-0.2, -0.15) is 0 Å². The second-order valence-electron chi connectivity index (χ2n) is 10.5. The van der Waals surface area contributed by atoms with Crippen LogP contribution in [0.2, 0.25) is 0 Å². The van der Waals surface area contributed by atoms with E-state index < -0.39 is 23.5 Å². The van der Waals surface area contributed by atoms with Gasteiger partial charge in [-0.1, -0.05) is 61.4 Å². The monoisotopic (exact) mass is 474 g/mol. The maximum absolute atomic E-state index is 13.5. The third-order valence-electron chi connectivity index (χ3n) is 8.60. The van der Waals surface area contributed by atoms with E-state index in [0.29, 0.717) is 32.2 Å². The lowest BCUT2D eigenvalue weighted by atomic mass is 9.73. The molecule has 7 rings (SSSR count). The van der Waals surface area contributed by atoms with Gasteiger partial charge in [0.25, 0.3) is 0 Å². The molecule has 2 N–H and O–H groups in total. The summed E-state index contributed by atoms with van der Waals surface area (Å²) >= 11 is 0. The zero-order chi connectivity index (χ0) is 24.2. The van der Waals surface area contributed by atoms with Gasteiger partial charge >= 0.3 is 12.1 Å². The van der Waals surface area contributed by atoms with Crippen molar-refractivity contribution in [3.63, 3.8) is 0 Å². The molecule has 35 heavy (non-hydrogen) atoms. The van der Waals surface area contributed by atoms with Crippen LogP contribution in [0.15, 0.2) is 48.5 Å². The number of benzene rings is 2. The summed E-state index contributed by atoms with van der Waals surface area (Å²) in [6, 6.07) is 16.1. The maximum atomic E-state index is 13.5. The Labute approximate surface area is 204 Å². The van der Waals surface area contributed by atoms with Gasteiger partial charge in [0.05, 0.1) is 5.92 Å². The number of aliphatic carboxylic acids is 1. The third-order valence-corrected chi connectivity index (χ3v) is 8.60. The first-order valence-corrected chi connectivity index (χ1v) is 12.6. The van der Waals surface area contributed by atoms with Crippen LogP contribution in [0.3, 0.4) is 0 Å². The second-order valence-corrected chi connectivity index (χ2v) is 10.5. The van der Waals surface area contributed by atoms with Crippen LogP contribution < -0.4 is 5.32 Å². The second kappa shape index (κ2) is 8.40. The minimum Gasteiger partial charge on any atom is -0.479 e. The molecule has 4 fully saturated rings. The number of carbonyl (C=O) groups excluding carboxylic acids is 2. The topological polar surface area (TPSA) is 95.9 Å². The van der Waals surface area contributed by atoms with Gasteiger partial charge < -0.3 is 20.1 Å². The van der Waals surface area contributed by atoms with Crippen molar-refractivity contribution < 1.29 is 24.2 Å². The summed E-state index contributed by atoms with van der Waals surface area (Å²) < 4.78 is 5.71. The first kappa shape index (κ1) is 22.1. The zero-order valence-corrected chi connectivity index (χ0v) is 19.6. The average Bonchev–Trinajstić information content (AvgIpc) is 3.51. The molecule has 2 saturated carbocycles. The van der Waals surface area contributed by atoms with Crippen molar-refractivity contribution in [2.24, 2.45) is 11.8 Å². The van der Waals surface area contributed by atoms with Gasteiger partial charge in [-0.15, -0.1) is 0 Å². The Bertz CT molecular complexity index is 1140. The van der Waals surface area contributed by atoms with E-state index >= 15 is 0 Å². The number of fused-ring (bicyclic) bond motifs is 4. The van der Waals surface area contributed by atoms with Crippen molar-refractivity contribution in [1.29, 1.82) is 0 Å². The van der Waals surface area contributed by atoms with Gasteiger partial charge in [0.2, 0.25) is 5.91 Å². The first-order valence-electron chi connectivity index (χ1n) is 12.6. The van der Waals surface area contributed by atoms with E-state index in [1.807, 2.05) is 24.3 Å². The summed E-state index contributed by atoms with van der Waals surface area (Å²) in [4.78, 5) is 39.8. The Kier molecular flexibility index (Phi) is 5.31. The molecule has 2 aliphatic heterocycles. The number of nitrogens with one attached hydrogen (secondary N) is 1. The quantitative estimate of drug-likeness (QED) is 0.679. The number of amides is 2. The number of rotatable bonds is 5. The lowest BCUT2D eigenvalue weighted by molar-refractivity contribution is -0.160. The molecule has 7 heteroatoms. The number of ether oxygens (including phenoxy) is 1. The highest BCUT2D eigenvalue weighted by Crippen LogP contribution is 2.51. The molecule has 182 valence electrons. The predicted molar refractivity (Wildman–Crippen MR) is 129 cm³/mol. The Balaban J connectivity index is 1.13. The van der Waals surface area contributed by atoms with E-state index in [0.717, 1.165) is 24.0 Å². The van der Waals surface area contributed by atoms with Crippen LogP contribution in [0.25, 0.3) is 11.1 Å². The summed E-state index contributed by atoms with van der Waals surface area (Å²) in [5, 5.41) is 12.7. The minimum absolute atomic E-state index is 0.0243. The van der Waals surface area contributed by atoms with E-state index in [2.05, 4.69) is 29.6 Å². The summed E-state index contributed by atoms with van der Waals surface area (Å²) in [7, 11) is 0. The van der Waals surface area contributed by atoms with Gasteiger partial charge in [-0.25, -0.2) is 9.59 Å². The highest BCUT2D eigenvalue weighted by atomic mass is 16.5. The number of carboxylic acid groups (broad SMARTS) is 1. The fraction of sp³-hybridized carbons (Fsp3) is 0.464. The molecule has 0 radical (unpaired) electrons. The fourth-order valence-electron chi connectivity index (χ4n) is 6.86. The van der Waals surface area contributed by atoms with E-state index in [-0.39, 0.29) is 30.4 Å². The van der Waals surface area contributed by atoms with Crippen LogP contribution in [0.5, 0.6) is 0 Å². The third kappa shape index (κ3) is 3.51. The standard InChI is InChI=1S/C28H30N2O5/c31-25(30-15-17-13-28(30,14-17)26(32)33)22-11-5-6-12-24(22)29-27(34)35-16-23-20-9-3-1-7-18(20)19-8-2-4-10-21(19)23/h1-4,7-10,17,22-24H,5-6,11-16H2,(H,29,34)(H,32,33)/t17?,22-,24+,28?/m0/s1. The molecule has 0 unspecified atom stereocenters. The maximum Gasteiger partial charge on any atom is 0.407 e. The number of alkyl carbamates (subject to hydrolysis) is 1. The minimum atomic E-state index is -1.03. The highest BCUT2D eigenvalue weighted by Gasteiger charge is 2.63. The number of hydrogen-bond donors (Lipinski definition) is 2.